The van der Waals surface area contributed by atoms with Crippen LogP contribution in [0.3, 0.4) is 0 Å². The fraction of sp³-hybridized carbons (Fsp3) is 0.559. The summed E-state index contributed by atoms with van der Waals surface area (Å²) in [6, 6.07) is 6.91. The first-order valence-electron chi connectivity index (χ1n) is 16.7. The first-order chi connectivity index (χ1) is 24.9. The minimum Gasteiger partial charge on any atom is -0.507 e. The molecule has 2 saturated heterocycles. The van der Waals surface area contributed by atoms with Crippen LogP contribution in [0.15, 0.2) is 39.5 Å². The zero-order chi connectivity index (χ0) is 37.7. The van der Waals surface area contributed by atoms with E-state index in [1.165, 1.54) is 31.2 Å². The number of aliphatic hydroxyl groups excluding tert-OH is 8. The van der Waals surface area contributed by atoms with E-state index >= 15 is 0 Å². The van der Waals surface area contributed by atoms with Gasteiger partial charge in [0.15, 0.2) is 23.5 Å². The van der Waals surface area contributed by atoms with E-state index in [1.54, 1.807) is 0 Å². The molecule has 18 nitrogen and oxygen atoms in total. The maximum absolute atomic E-state index is 14.1. The molecule has 2 fully saturated rings. The van der Waals surface area contributed by atoms with Crippen LogP contribution < -0.4 is 24.4 Å². The highest BCUT2D eigenvalue weighted by Gasteiger charge is 2.48. The Morgan fingerprint density at radius 1 is 0.750 bits per heavy atom. The smallest absolute Gasteiger partial charge is 0.239 e. The molecule has 9 N–H and O–H groups in total. The predicted octanol–water partition coefficient (Wildman–Crippen LogP) is -1.27. The topological polar surface area (TPSA) is 277 Å². The van der Waals surface area contributed by atoms with Gasteiger partial charge < -0.3 is 83.5 Å². The molecule has 3 aromatic rings. The highest BCUT2D eigenvalue weighted by Crippen LogP contribution is 2.40. The number of aliphatic hydroxyl groups is 8. The Bertz CT molecular complexity index is 1700. The van der Waals surface area contributed by atoms with Gasteiger partial charge in [0.2, 0.25) is 17.5 Å². The largest absolute Gasteiger partial charge is 0.507 e. The number of rotatable bonds is 15. The van der Waals surface area contributed by atoms with E-state index in [2.05, 4.69) is 0 Å². The van der Waals surface area contributed by atoms with E-state index in [1.807, 2.05) is 6.92 Å². The molecule has 0 amide bonds. The van der Waals surface area contributed by atoms with Gasteiger partial charge in [-0.15, -0.1) is 0 Å². The number of fused-ring (bicyclic) bond motifs is 1. The van der Waals surface area contributed by atoms with Crippen LogP contribution in [0.5, 0.6) is 28.7 Å². The standard InChI is InChI=1S/C34H44O18/c1-3-8-46-19-5-4-16(11-20(19)47-10-7-36)31-32(26(40)23-18(37)12-17(45-9-6-35)13-21(23)50-31)52-34-30(44)28(42)25(39)22(51-34)14-48-33-29(43)27(41)24(38)15(2)49-33/h4-5,11-13,15,22,24-25,27-30,33-39,41-44H,3,6-10,14H2,1-2H3/t15-,22+,24-,25+,27+,28-,29+,30+,33+,34-/m0/s1. The van der Waals surface area contributed by atoms with Crippen molar-refractivity contribution in [1.82, 2.24) is 0 Å². The zero-order valence-corrected chi connectivity index (χ0v) is 28.3. The lowest BCUT2D eigenvalue weighted by atomic mass is 9.98. The number of hydrogen-bond acceptors (Lipinski definition) is 18. The molecule has 0 spiro atoms. The number of ether oxygens (including phenoxy) is 7. The van der Waals surface area contributed by atoms with Crippen molar-refractivity contribution in [3.63, 3.8) is 0 Å². The second-order valence-electron chi connectivity index (χ2n) is 12.2. The maximum atomic E-state index is 14.1. The normalized spacial score (nSPS) is 29.2. The Hall–Kier alpha value is -3.79. The molecule has 0 aliphatic carbocycles. The fourth-order valence-electron chi connectivity index (χ4n) is 5.66. The van der Waals surface area contributed by atoms with Crippen molar-refractivity contribution in [2.75, 3.05) is 39.6 Å². The van der Waals surface area contributed by atoms with Crippen LogP contribution in [0, 0.1) is 0 Å². The Morgan fingerprint density at radius 2 is 1.42 bits per heavy atom. The van der Waals surface area contributed by atoms with Crippen LogP contribution in [0.1, 0.15) is 20.3 Å². The monoisotopic (exact) mass is 740 g/mol. The molecule has 0 unspecified atom stereocenters. The van der Waals surface area contributed by atoms with Gasteiger partial charge in [-0.2, -0.15) is 0 Å². The van der Waals surface area contributed by atoms with Gasteiger partial charge in [0.1, 0.15) is 78.4 Å². The molecule has 2 aliphatic rings. The average Bonchev–Trinajstić information content (AvgIpc) is 3.13. The molecular formula is C34H44O18. The molecule has 18 heteroatoms. The first kappa shape index (κ1) is 39.4. The summed E-state index contributed by atoms with van der Waals surface area (Å²) in [5.74, 6) is -0.906. The highest BCUT2D eigenvalue weighted by molar-refractivity contribution is 5.88. The van der Waals surface area contributed by atoms with Gasteiger partial charge in [-0.05, 0) is 31.5 Å². The van der Waals surface area contributed by atoms with Crippen molar-refractivity contribution in [2.24, 2.45) is 0 Å². The van der Waals surface area contributed by atoms with Crippen LogP contribution >= 0.6 is 0 Å². The third-order valence-electron chi connectivity index (χ3n) is 8.42. The molecule has 0 radical (unpaired) electrons. The minimum absolute atomic E-state index is 0.0616. The number of hydrogen-bond donors (Lipinski definition) is 9. The van der Waals surface area contributed by atoms with Crippen LogP contribution in [-0.2, 0) is 14.2 Å². The van der Waals surface area contributed by atoms with Crippen molar-refractivity contribution in [3.05, 3.63) is 40.6 Å². The summed E-state index contributed by atoms with van der Waals surface area (Å²) in [4.78, 5) is 14.1. The van der Waals surface area contributed by atoms with Crippen molar-refractivity contribution in [2.45, 2.75) is 81.7 Å². The number of phenols is 1. The van der Waals surface area contributed by atoms with Crippen molar-refractivity contribution >= 4 is 11.0 Å². The van der Waals surface area contributed by atoms with Gasteiger partial charge >= 0.3 is 0 Å². The molecule has 5 rings (SSSR count). The predicted molar refractivity (Wildman–Crippen MR) is 176 cm³/mol. The first-order valence-corrected chi connectivity index (χ1v) is 16.7. The average molecular weight is 741 g/mol. The van der Waals surface area contributed by atoms with Gasteiger partial charge in [-0.25, -0.2) is 0 Å². The van der Waals surface area contributed by atoms with Gasteiger partial charge in [-0.1, -0.05) is 6.92 Å². The molecule has 1 aromatic heterocycles. The fourth-order valence-corrected chi connectivity index (χ4v) is 5.66. The Labute approximate surface area is 296 Å². The summed E-state index contributed by atoms with van der Waals surface area (Å²) in [5.41, 5.74) is -0.948. The summed E-state index contributed by atoms with van der Waals surface area (Å²) in [5, 5.41) is 92.0. The molecule has 10 atom stereocenters. The summed E-state index contributed by atoms with van der Waals surface area (Å²) in [7, 11) is 0. The Balaban J connectivity index is 1.53. The van der Waals surface area contributed by atoms with Crippen LogP contribution in [0.2, 0.25) is 0 Å². The van der Waals surface area contributed by atoms with Gasteiger partial charge in [0.05, 0.1) is 32.5 Å². The minimum atomic E-state index is -1.96. The van der Waals surface area contributed by atoms with Gasteiger partial charge in [0.25, 0.3) is 0 Å². The second kappa shape index (κ2) is 17.4. The Morgan fingerprint density at radius 3 is 2.13 bits per heavy atom. The third-order valence-corrected chi connectivity index (χ3v) is 8.42. The molecule has 2 aromatic carbocycles. The molecular weight excluding hydrogens is 696 g/mol. The number of benzene rings is 2. The molecule has 0 saturated carbocycles. The van der Waals surface area contributed by atoms with E-state index in [4.69, 9.17) is 37.6 Å². The molecule has 52 heavy (non-hydrogen) atoms. The van der Waals surface area contributed by atoms with Gasteiger partial charge in [-0.3, -0.25) is 4.79 Å². The summed E-state index contributed by atoms with van der Waals surface area (Å²) in [6.07, 6.45) is -15.4. The maximum Gasteiger partial charge on any atom is 0.239 e. The Kier molecular flexibility index (Phi) is 13.2. The summed E-state index contributed by atoms with van der Waals surface area (Å²) in [6.45, 7) is 2.20. The summed E-state index contributed by atoms with van der Waals surface area (Å²) < 4.78 is 45.6. The van der Waals surface area contributed by atoms with Crippen LogP contribution in [-0.4, -0.2) is 147 Å². The number of aromatic hydroxyl groups is 1. The van der Waals surface area contributed by atoms with E-state index in [9.17, 15) is 50.8 Å². The quantitative estimate of drug-likeness (QED) is 0.0878. The SMILES string of the molecule is CCCOc1ccc(-c2oc3cc(OCCO)cc(O)c3c(=O)c2O[C@@H]2O[C@H](CO[C@@H]3O[C@@H](C)[C@H](O)[C@@H](O)[C@H]3O)[C@@H](O)[C@H](O)[C@H]2O)cc1OCCO. The molecule has 3 heterocycles. The second-order valence-corrected chi connectivity index (χ2v) is 12.2. The lowest BCUT2D eigenvalue weighted by Crippen LogP contribution is -2.61. The van der Waals surface area contributed by atoms with E-state index in [0.717, 1.165) is 6.07 Å². The lowest BCUT2D eigenvalue weighted by Gasteiger charge is -2.42. The van der Waals surface area contributed by atoms with E-state index in [-0.39, 0.29) is 60.2 Å². The molecule has 0 bridgehead atoms. The van der Waals surface area contributed by atoms with Crippen molar-refractivity contribution in [1.29, 1.82) is 0 Å². The third kappa shape index (κ3) is 8.37. The molecule has 288 valence electrons. The lowest BCUT2D eigenvalue weighted by molar-refractivity contribution is -0.318. The highest BCUT2D eigenvalue weighted by atomic mass is 16.7. The van der Waals surface area contributed by atoms with Crippen LogP contribution in [0.25, 0.3) is 22.3 Å². The van der Waals surface area contributed by atoms with Gasteiger partial charge in [0, 0.05) is 17.7 Å². The van der Waals surface area contributed by atoms with E-state index in [0.29, 0.717) is 18.8 Å². The van der Waals surface area contributed by atoms with Crippen molar-refractivity contribution in [3.8, 4) is 40.1 Å². The van der Waals surface area contributed by atoms with Crippen LogP contribution in [0.4, 0.5) is 0 Å². The summed E-state index contributed by atoms with van der Waals surface area (Å²) >= 11 is 0. The van der Waals surface area contributed by atoms with E-state index < -0.39 is 84.9 Å². The van der Waals surface area contributed by atoms with Crippen molar-refractivity contribution < 1.29 is 83.5 Å². The zero-order valence-electron chi connectivity index (χ0n) is 28.3. The molecule has 2 aliphatic heterocycles. The number of phenolic OH excluding ortho intramolecular Hbond substituents is 1.